The molecule has 12 heteroatoms. The van der Waals surface area contributed by atoms with E-state index in [1.165, 1.54) is 55.4 Å². The normalized spacial score (nSPS) is 21.9. The fourth-order valence-electron chi connectivity index (χ4n) is 6.44. The van der Waals surface area contributed by atoms with Crippen LogP contribution >= 0.6 is 0 Å². The quantitative estimate of drug-likeness (QED) is 0.0652. The van der Waals surface area contributed by atoms with Gasteiger partial charge in [-0.2, -0.15) is 0 Å². The van der Waals surface area contributed by atoms with Gasteiger partial charge in [-0.1, -0.05) is 0 Å². The van der Waals surface area contributed by atoms with Crippen LogP contribution in [0.2, 0.25) is 13.3 Å². The first-order valence-corrected chi connectivity index (χ1v) is 24.2. The Bertz CT molecular complexity index is 915. The first-order chi connectivity index (χ1) is 22.4. The predicted molar refractivity (Wildman–Crippen MR) is 180 cm³/mol. The molecule has 0 bridgehead atoms. The number of hydrogen-bond donors (Lipinski definition) is 0. The number of hydrogen-bond acceptors (Lipinski definition) is 11. The molecule has 1 aromatic rings. The molecule has 2 rings (SSSR count). The average molecular weight is 766 g/mol. The monoisotopic (exact) mass is 766 g/mol. The molecule has 1 aromatic carbocycles. The van der Waals surface area contributed by atoms with E-state index in [-0.39, 0.29) is 33.8 Å². The summed E-state index contributed by atoms with van der Waals surface area (Å²) in [5, 5.41) is 0. The molecule has 0 aliphatic carbocycles. The summed E-state index contributed by atoms with van der Waals surface area (Å²) in [6, 6.07) is 4.37. The van der Waals surface area contributed by atoms with Gasteiger partial charge in [-0.3, -0.25) is 0 Å². The van der Waals surface area contributed by atoms with Gasteiger partial charge in [-0.05, 0) is 0 Å². The van der Waals surface area contributed by atoms with Crippen molar-refractivity contribution in [2.45, 2.75) is 103 Å². The zero-order valence-corrected chi connectivity index (χ0v) is 32.8. The van der Waals surface area contributed by atoms with E-state index in [4.69, 9.17) is 52.1 Å². The second-order valence-electron chi connectivity index (χ2n) is 11.9. The first kappa shape index (κ1) is 41.4. The van der Waals surface area contributed by atoms with Crippen LogP contribution in [0.5, 0.6) is 11.5 Å². The van der Waals surface area contributed by atoms with Crippen LogP contribution < -0.4 is 13.1 Å². The number of unbranched alkanes of at least 4 members (excludes halogenated alkanes) is 3. The molecule has 0 saturated carbocycles. The summed E-state index contributed by atoms with van der Waals surface area (Å²) in [5.41, 5.74) is 0.887. The van der Waals surface area contributed by atoms with Gasteiger partial charge in [0.2, 0.25) is 0 Å². The van der Waals surface area contributed by atoms with Gasteiger partial charge in [0.1, 0.15) is 0 Å². The molecule has 1 heterocycles. The third-order valence-electron chi connectivity index (χ3n) is 8.71. The summed E-state index contributed by atoms with van der Waals surface area (Å²) in [7, 11) is 9.78. The third kappa shape index (κ3) is 11.7. The molecule has 11 nitrogen and oxygen atoms in total. The van der Waals surface area contributed by atoms with Crippen molar-refractivity contribution in [3.8, 4) is 11.5 Å². The Labute approximate surface area is 282 Å². The van der Waals surface area contributed by atoms with E-state index in [1.54, 1.807) is 42.7 Å². The van der Waals surface area contributed by atoms with Gasteiger partial charge in [0.15, 0.2) is 0 Å². The minimum absolute atomic E-state index is 0.0250. The van der Waals surface area contributed by atoms with E-state index in [2.05, 4.69) is 26.8 Å². The molecule has 0 spiro atoms. The molecule has 0 N–H and O–H groups in total. The summed E-state index contributed by atoms with van der Waals surface area (Å²) in [6.07, 6.45) is 4.15. The van der Waals surface area contributed by atoms with Gasteiger partial charge in [0, 0.05) is 0 Å². The Morgan fingerprint density at radius 1 is 0.609 bits per heavy atom. The van der Waals surface area contributed by atoms with Crippen LogP contribution in [0.4, 0.5) is 0 Å². The second kappa shape index (κ2) is 23.6. The Morgan fingerprint density at radius 3 is 1.59 bits per heavy atom. The maximum absolute atomic E-state index is 6.92. The maximum atomic E-state index is 6.92. The van der Waals surface area contributed by atoms with Crippen LogP contribution in [0.3, 0.4) is 0 Å². The zero-order chi connectivity index (χ0) is 33.8. The topological polar surface area (TPSA) is 102 Å². The van der Waals surface area contributed by atoms with Gasteiger partial charge >= 0.3 is 283 Å². The van der Waals surface area contributed by atoms with Gasteiger partial charge in [-0.25, -0.2) is 0 Å². The standard InChI is InChI=1S/C22H35O11.3C4H9.Sn/c1-23-11-29-10-18-20(30-12-24-2)22(32-14-26-4)21(31-13-25-3)19(33-18)16-8-7-15(27-5)9-17(16)28-6;3*1-3-4-2;/h8-9,18-22H,10-14H2,1-6H3;3*1,3-4H2,2H3;/t18-,19+,20-,21+,22+;;;;/m1..../s1. The Kier molecular flexibility index (Phi) is 21.2. The summed E-state index contributed by atoms with van der Waals surface area (Å²) >= 11 is -3.03. The molecule has 1 saturated heterocycles. The van der Waals surface area contributed by atoms with Crippen LogP contribution in [-0.4, -0.2) is 119 Å². The molecule has 0 aromatic heterocycles. The van der Waals surface area contributed by atoms with Crippen molar-refractivity contribution in [2.24, 2.45) is 0 Å². The molecular weight excluding hydrogens is 703 g/mol. The number of methoxy groups -OCH3 is 6. The van der Waals surface area contributed by atoms with Crippen LogP contribution in [0, 0.1) is 0 Å². The molecule has 0 radical (unpaired) electrons. The van der Waals surface area contributed by atoms with Crippen molar-refractivity contribution < 1.29 is 52.1 Å². The molecule has 0 unspecified atom stereocenters. The van der Waals surface area contributed by atoms with Gasteiger partial charge < -0.3 is 0 Å². The number of ether oxygens (including phenoxy) is 11. The third-order valence-corrected chi connectivity index (χ3v) is 24.3. The predicted octanol–water partition coefficient (Wildman–Crippen LogP) is 5.79. The van der Waals surface area contributed by atoms with E-state index < -0.39 is 48.9 Å². The van der Waals surface area contributed by atoms with Crippen LogP contribution in [0.15, 0.2) is 12.1 Å². The van der Waals surface area contributed by atoms with E-state index in [9.17, 15) is 0 Å². The summed E-state index contributed by atoms with van der Waals surface area (Å²) < 4.78 is 70.3. The summed E-state index contributed by atoms with van der Waals surface area (Å²) in [5.74, 6) is 1.58. The van der Waals surface area contributed by atoms with E-state index >= 15 is 0 Å². The van der Waals surface area contributed by atoms with Crippen molar-refractivity contribution in [1.82, 2.24) is 0 Å². The van der Waals surface area contributed by atoms with E-state index in [1.807, 2.05) is 6.07 Å². The molecule has 0 amide bonds. The fraction of sp³-hybridized carbons (Fsp3) is 0.824. The van der Waals surface area contributed by atoms with Crippen molar-refractivity contribution in [1.29, 1.82) is 0 Å². The van der Waals surface area contributed by atoms with E-state index in [0.29, 0.717) is 5.75 Å². The van der Waals surface area contributed by atoms with Gasteiger partial charge in [0.25, 0.3) is 0 Å². The van der Waals surface area contributed by atoms with Crippen LogP contribution in [0.1, 0.15) is 71.0 Å². The molecule has 268 valence electrons. The molecule has 1 fully saturated rings. The van der Waals surface area contributed by atoms with E-state index in [0.717, 1.165) is 11.3 Å². The molecule has 5 atom stereocenters. The first-order valence-electron chi connectivity index (χ1n) is 16.8. The zero-order valence-electron chi connectivity index (χ0n) is 29.9. The second-order valence-corrected chi connectivity index (χ2v) is 25.0. The van der Waals surface area contributed by atoms with Crippen molar-refractivity contribution in [2.75, 3.05) is 76.4 Å². The van der Waals surface area contributed by atoms with Gasteiger partial charge in [-0.15, -0.1) is 0 Å². The van der Waals surface area contributed by atoms with Gasteiger partial charge in [0.05, 0.1) is 0 Å². The Hall–Kier alpha value is -0.741. The van der Waals surface area contributed by atoms with Crippen molar-refractivity contribution in [3.63, 3.8) is 0 Å². The molecule has 1 aliphatic heterocycles. The molecule has 46 heavy (non-hydrogen) atoms. The minimum atomic E-state index is -3.03. The van der Waals surface area contributed by atoms with Crippen molar-refractivity contribution in [3.05, 3.63) is 17.7 Å². The number of rotatable bonds is 26. The summed E-state index contributed by atoms with van der Waals surface area (Å²) in [4.78, 5) is 0. The molecular formula is C34H62O11Sn. The van der Waals surface area contributed by atoms with Crippen LogP contribution in [-0.2, 0) is 42.6 Å². The Morgan fingerprint density at radius 2 is 1.11 bits per heavy atom. The molecule has 1 aliphatic rings. The average Bonchev–Trinajstić information content (AvgIpc) is 3.08. The SMILES string of the molecule is CCC[CH2][Sn]([CH2]CCC)([CH2]CCC)[c]1cc([C@@H]2O[C@H](COCOC)[C@@H](OCOC)[C@H](OCOC)[C@H]2OCOC)c(OC)cc1OC. The Balaban J connectivity index is 2.84. The fourth-order valence-corrected chi connectivity index (χ4v) is 23.0. The number of benzene rings is 1. The summed E-state index contributed by atoms with van der Waals surface area (Å²) in [6.45, 7) is 7.24. The van der Waals surface area contributed by atoms with Crippen molar-refractivity contribution >= 4 is 22.0 Å². The van der Waals surface area contributed by atoms with Crippen LogP contribution in [0.25, 0.3) is 0 Å².